The zero-order valence-electron chi connectivity index (χ0n) is 51.4. The third-order valence-corrected chi connectivity index (χ3v) is 21.1. The van der Waals surface area contributed by atoms with Crippen molar-refractivity contribution in [2.24, 2.45) is 0 Å². The Morgan fingerprint density at radius 3 is 1.22 bits per heavy atom. The highest BCUT2D eigenvalue weighted by Gasteiger charge is 2.29. The summed E-state index contributed by atoms with van der Waals surface area (Å²) in [5.41, 5.74) is 15.8. The molecule has 0 saturated carbocycles. The van der Waals surface area contributed by atoms with Crippen LogP contribution in [0.5, 0.6) is 0 Å². The summed E-state index contributed by atoms with van der Waals surface area (Å²) >= 11 is 0. The molecule has 468 valence electrons. The summed E-state index contributed by atoms with van der Waals surface area (Å²) in [5, 5.41) is 3.63. The fourth-order valence-corrected chi connectivity index (χ4v) is 14.2. The first kappa shape index (κ1) is 65.5. The molecule has 10 aromatic carbocycles. The van der Waals surface area contributed by atoms with Crippen molar-refractivity contribution >= 4 is 68.3 Å². The van der Waals surface area contributed by atoms with Crippen LogP contribution in [0.1, 0.15) is 118 Å². The van der Waals surface area contributed by atoms with Gasteiger partial charge in [-0.15, -0.1) is 0 Å². The summed E-state index contributed by atoms with van der Waals surface area (Å²) in [6.07, 6.45) is 6.54. The molecular weight excluding hydrogens is 1220 g/mol. The minimum absolute atomic E-state index is 0.0776. The van der Waals surface area contributed by atoms with Crippen molar-refractivity contribution in [2.75, 3.05) is 22.7 Å². The monoisotopic (exact) mass is 1290 g/mol. The van der Waals surface area contributed by atoms with E-state index in [-0.39, 0.29) is 37.3 Å². The molecule has 0 aliphatic rings. The van der Waals surface area contributed by atoms with Crippen LogP contribution >= 0.6 is 0 Å². The lowest BCUT2D eigenvalue weighted by atomic mass is 9.74. The maximum atomic E-state index is 12.6. The van der Waals surface area contributed by atoms with Gasteiger partial charge in [0.1, 0.15) is 0 Å². The van der Waals surface area contributed by atoms with Gasteiger partial charge in [0.2, 0.25) is 0 Å². The lowest BCUT2D eigenvalue weighted by Crippen LogP contribution is -2.15. The summed E-state index contributed by atoms with van der Waals surface area (Å²) in [6.45, 7) is 6.27. The van der Waals surface area contributed by atoms with Gasteiger partial charge in [0.15, 0.2) is 19.7 Å². The van der Waals surface area contributed by atoms with Crippen molar-refractivity contribution in [3.63, 3.8) is 0 Å². The largest absolute Gasteiger partial charge is 0.356 e. The summed E-state index contributed by atoms with van der Waals surface area (Å²) in [5.74, 6) is -1.01. The Bertz CT molecular complexity index is 4590. The molecule has 3 N–H and O–H groups in total. The first-order valence-electron chi connectivity index (χ1n) is 30.2. The molecule has 0 bridgehead atoms. The second-order valence-corrected chi connectivity index (χ2v) is 30.7. The van der Waals surface area contributed by atoms with E-state index in [9.17, 15) is 42.8 Å². The van der Waals surface area contributed by atoms with Crippen LogP contribution in [0.25, 0.3) is 0 Å². The van der Waals surface area contributed by atoms with Crippen LogP contribution in [0, 0.1) is 6.92 Å². The number of anilines is 5. The zero-order chi connectivity index (χ0) is 64.7. The molecule has 10 aromatic rings. The highest BCUT2D eigenvalue weighted by molar-refractivity contribution is 7.91. The van der Waals surface area contributed by atoms with E-state index >= 15 is 0 Å². The van der Waals surface area contributed by atoms with E-state index in [1.807, 2.05) is 78.6 Å². The minimum atomic E-state index is -4.56. The molecule has 0 amide bonds. The van der Waals surface area contributed by atoms with Crippen molar-refractivity contribution in [3.05, 3.63) is 304 Å². The van der Waals surface area contributed by atoms with Gasteiger partial charge in [0, 0.05) is 46.9 Å². The van der Waals surface area contributed by atoms with Gasteiger partial charge in [-0.3, -0.25) is 9.11 Å². The Morgan fingerprint density at radius 2 is 0.758 bits per heavy atom. The van der Waals surface area contributed by atoms with E-state index in [4.69, 9.17) is 0 Å². The fourth-order valence-electron chi connectivity index (χ4n) is 12.0. The first-order chi connectivity index (χ1) is 43.3. The number of hydrogen-bond acceptors (Lipinski definition) is 10. The molecule has 0 heterocycles. The molecule has 16 heteroatoms. The number of benzene rings is 10. The van der Waals surface area contributed by atoms with Crippen LogP contribution in [0.2, 0.25) is 0 Å². The van der Waals surface area contributed by atoms with Crippen molar-refractivity contribution in [1.82, 2.24) is 0 Å². The Kier molecular flexibility index (Phi) is 20.1. The van der Waals surface area contributed by atoms with Gasteiger partial charge < -0.3 is 10.2 Å². The normalized spacial score (nSPS) is 13.4. The molecule has 0 spiro atoms. The van der Waals surface area contributed by atoms with Crippen LogP contribution in [-0.2, 0) is 59.2 Å². The van der Waals surface area contributed by atoms with Gasteiger partial charge in [0.25, 0.3) is 20.2 Å². The predicted molar refractivity (Wildman–Crippen MR) is 365 cm³/mol. The maximum Gasteiger partial charge on any atom is 0.294 e. The van der Waals surface area contributed by atoms with Crippen molar-refractivity contribution in [1.29, 1.82) is 0 Å². The summed E-state index contributed by atoms with van der Waals surface area (Å²) in [6, 6.07) is 76.4. The molecule has 0 aliphatic carbocycles. The molecule has 4 atom stereocenters. The molecular formula is C75H74N2O10S4. The van der Waals surface area contributed by atoms with Gasteiger partial charge in [-0.25, -0.2) is 16.8 Å². The highest BCUT2D eigenvalue weighted by atomic mass is 32.2. The van der Waals surface area contributed by atoms with E-state index in [1.165, 1.54) is 59.0 Å². The average Bonchev–Trinajstić information content (AvgIpc) is 0.915. The minimum Gasteiger partial charge on any atom is -0.356 e. The summed E-state index contributed by atoms with van der Waals surface area (Å²) in [7, 11) is -16.0. The SMILES string of the molecule is CCc1ccc(Cc2ccc(Cc3cccc(Nc4ccc(C(CC(C)c5ccc(S(C)(=O)=O)cc5)CC(CC(c5ccc(N(c6ccc(C)cc6)c6ccc(S(C)(=O)=O)cc6)cc5)c5ccc(S(=O)(=O)O)cc5)c5ccc(S(=O)(=O)O)cc5)cc4)c3)cc2)cc1. The molecule has 10 rings (SSSR count). The first-order valence-corrected chi connectivity index (χ1v) is 36.8. The molecule has 0 aromatic heterocycles. The number of rotatable bonds is 25. The van der Waals surface area contributed by atoms with E-state index in [0.717, 1.165) is 86.6 Å². The topological polar surface area (TPSA) is 192 Å². The zero-order valence-corrected chi connectivity index (χ0v) is 54.7. The molecule has 12 nitrogen and oxygen atoms in total. The van der Waals surface area contributed by atoms with Crippen LogP contribution in [0.3, 0.4) is 0 Å². The molecule has 0 fully saturated rings. The van der Waals surface area contributed by atoms with Crippen molar-refractivity contribution < 1.29 is 42.8 Å². The standard InChI is InChI=1S/C75H74N2O10S4/c1-6-54-12-14-55(15-13-54)47-56-16-18-57(19-17-56)48-58-8-7-9-67(49-58)76-66-30-20-60(21-31-66)64(46-53(3)59-24-38-71(39-25-59)88(4,78)79)50-65(61-26-40-73(41-27-61)90(82,83)84)51-75(63-28-42-74(43-29-63)91(85,86)87)62-22-34-69(35-23-62)77(68-32-10-52(2)11-33-68)70-36-44-72(45-37-70)89(5,80)81/h7-45,49,53,64-65,75-76H,6,46-48,50-51H2,1-5H3,(H,82,83,84)(H,85,86,87). The van der Waals surface area contributed by atoms with E-state index in [0.29, 0.717) is 19.3 Å². The molecule has 91 heavy (non-hydrogen) atoms. The fraction of sp³-hybridized carbons (Fsp3) is 0.200. The Hall–Kier alpha value is -8.48. The number of nitrogens with one attached hydrogen (secondary N) is 1. The van der Waals surface area contributed by atoms with E-state index in [1.54, 1.807) is 60.7 Å². The van der Waals surface area contributed by atoms with Crippen LogP contribution < -0.4 is 10.2 Å². The second-order valence-electron chi connectivity index (χ2n) is 23.8. The quantitative estimate of drug-likeness (QED) is 0.0459. The third-order valence-electron chi connectivity index (χ3n) is 17.1. The number of sulfone groups is 2. The summed E-state index contributed by atoms with van der Waals surface area (Å²) in [4.78, 5) is 1.90. The number of hydrogen-bond donors (Lipinski definition) is 3. The predicted octanol–water partition coefficient (Wildman–Crippen LogP) is 16.9. The van der Waals surface area contributed by atoms with Crippen LogP contribution in [0.4, 0.5) is 28.4 Å². The number of nitrogens with zero attached hydrogens (tertiary/aromatic N) is 1. The molecule has 0 aliphatic heterocycles. The molecule has 0 radical (unpaired) electrons. The van der Waals surface area contributed by atoms with Gasteiger partial charge in [-0.2, -0.15) is 16.8 Å². The number of aryl methyl sites for hydroxylation is 2. The molecule has 0 saturated heterocycles. The van der Waals surface area contributed by atoms with Gasteiger partial charge >= 0.3 is 0 Å². The Balaban J connectivity index is 0.993. The average molecular weight is 1290 g/mol. The van der Waals surface area contributed by atoms with Crippen LogP contribution in [0.15, 0.2) is 262 Å². The lowest BCUT2D eigenvalue weighted by Gasteiger charge is -2.31. The second kappa shape index (κ2) is 27.9. The van der Waals surface area contributed by atoms with Crippen molar-refractivity contribution in [3.8, 4) is 0 Å². The summed E-state index contributed by atoms with van der Waals surface area (Å²) < 4.78 is 120. The van der Waals surface area contributed by atoms with Crippen molar-refractivity contribution in [2.45, 2.75) is 103 Å². The maximum absolute atomic E-state index is 12.6. The van der Waals surface area contributed by atoms with Gasteiger partial charge in [-0.1, -0.05) is 153 Å². The van der Waals surface area contributed by atoms with Gasteiger partial charge in [0.05, 0.1) is 19.6 Å². The Labute approximate surface area is 536 Å². The lowest BCUT2D eigenvalue weighted by molar-refractivity contribution is 0.446. The van der Waals surface area contributed by atoms with Gasteiger partial charge in [-0.05, 0) is 228 Å². The molecule has 4 unspecified atom stereocenters. The van der Waals surface area contributed by atoms with Crippen LogP contribution in [-0.4, -0.2) is 55.3 Å². The highest BCUT2D eigenvalue weighted by Crippen LogP contribution is 2.45. The van der Waals surface area contributed by atoms with E-state index in [2.05, 4.69) is 110 Å². The van der Waals surface area contributed by atoms with E-state index < -0.39 is 45.8 Å². The third kappa shape index (κ3) is 17.1. The Morgan fingerprint density at radius 1 is 0.385 bits per heavy atom. The smallest absolute Gasteiger partial charge is 0.294 e.